The Balaban J connectivity index is 0.000000122. The molecule has 5 aliphatic carbocycles. The van der Waals surface area contributed by atoms with Crippen molar-refractivity contribution in [2.75, 3.05) is 67.1 Å². The van der Waals surface area contributed by atoms with Crippen molar-refractivity contribution in [2.24, 2.45) is 5.41 Å². The topological polar surface area (TPSA) is 92.3 Å². The number of benzene rings is 5. The van der Waals surface area contributed by atoms with E-state index in [-0.39, 0.29) is 34.5 Å². The Morgan fingerprint density at radius 1 is 0.383 bits per heavy atom. The first-order valence-electron chi connectivity index (χ1n) is 28.8. The number of hydrogen-bond acceptors (Lipinski definition) is 10. The van der Waals surface area contributed by atoms with Gasteiger partial charge < -0.3 is 47.4 Å². The molecule has 0 atom stereocenters. The van der Waals surface area contributed by atoms with E-state index in [9.17, 15) is 22.0 Å². The third kappa shape index (κ3) is 11.5. The smallest absolute Gasteiger partial charge is 0.195 e. The van der Waals surface area contributed by atoms with E-state index in [2.05, 4.69) is 13.8 Å². The van der Waals surface area contributed by atoms with E-state index in [0.29, 0.717) is 97.8 Å². The van der Waals surface area contributed by atoms with Gasteiger partial charge in [0.25, 0.3) is 0 Å². The summed E-state index contributed by atoms with van der Waals surface area (Å²) in [6.45, 7) is 23.1. The summed E-state index contributed by atoms with van der Waals surface area (Å²) in [5.74, 6) is -4.17. The number of hydrogen-bond donors (Lipinski definition) is 0. The predicted molar refractivity (Wildman–Crippen MR) is 297 cm³/mol. The van der Waals surface area contributed by atoms with Gasteiger partial charge in [-0.15, -0.1) is 0 Å². The molecule has 3 saturated heterocycles. The van der Waals surface area contributed by atoms with Crippen molar-refractivity contribution in [1.82, 2.24) is 0 Å². The number of fused-ring (bicyclic) bond motifs is 8. The van der Waals surface area contributed by atoms with Crippen LogP contribution in [-0.2, 0) is 108 Å². The zero-order valence-corrected chi connectivity index (χ0v) is 49.2. The molecule has 3 aliphatic heterocycles. The molecule has 0 N–H and O–H groups in total. The maximum absolute atomic E-state index is 13.8. The fourth-order valence-corrected chi connectivity index (χ4v) is 13.5. The molecule has 0 bridgehead atoms. The molecule has 440 valence electrons. The minimum absolute atomic E-state index is 0.0369. The van der Waals surface area contributed by atoms with Crippen LogP contribution in [0, 0.1) is 69.1 Å². The summed E-state index contributed by atoms with van der Waals surface area (Å²) in [6.07, 6.45) is 7.98. The highest BCUT2D eigenvalue weighted by molar-refractivity contribution is 5.47. The predicted octanol–water partition coefficient (Wildman–Crippen LogP) is 14.1. The molecule has 3 fully saturated rings. The maximum Gasteiger partial charge on any atom is 0.195 e. The van der Waals surface area contributed by atoms with Gasteiger partial charge in [-0.25, -0.2) is 22.0 Å². The summed E-state index contributed by atoms with van der Waals surface area (Å²) in [5.41, 5.74) is 13.7. The first-order chi connectivity index (χ1) is 38.7. The van der Waals surface area contributed by atoms with Crippen LogP contribution in [0.2, 0.25) is 0 Å². The van der Waals surface area contributed by atoms with E-state index in [0.717, 1.165) is 109 Å². The number of halogens is 5. The number of aryl methyl sites for hydroxylation is 5. The zero-order chi connectivity index (χ0) is 58.1. The van der Waals surface area contributed by atoms with Crippen molar-refractivity contribution in [1.29, 1.82) is 0 Å². The third-order valence-corrected chi connectivity index (χ3v) is 17.3. The Bertz CT molecular complexity index is 2990. The van der Waals surface area contributed by atoms with Crippen LogP contribution >= 0.6 is 0 Å². The van der Waals surface area contributed by atoms with Crippen LogP contribution < -0.4 is 0 Å². The lowest BCUT2D eigenvalue weighted by atomic mass is 9.93. The van der Waals surface area contributed by atoms with Gasteiger partial charge in [0.1, 0.15) is 29.1 Å². The van der Waals surface area contributed by atoms with Crippen molar-refractivity contribution in [2.45, 2.75) is 162 Å². The van der Waals surface area contributed by atoms with E-state index in [1.165, 1.54) is 24.3 Å². The average Bonchev–Trinajstić information content (AvgIpc) is 4.35. The van der Waals surface area contributed by atoms with Gasteiger partial charge in [-0.3, -0.25) is 0 Å². The van der Waals surface area contributed by atoms with Crippen LogP contribution in [-0.4, -0.2) is 67.1 Å². The van der Waals surface area contributed by atoms with E-state index in [4.69, 9.17) is 47.4 Å². The van der Waals surface area contributed by atoms with Crippen molar-refractivity contribution >= 4 is 0 Å². The van der Waals surface area contributed by atoms with Crippen LogP contribution in [0.4, 0.5) is 22.0 Å². The minimum Gasteiger partial charge on any atom is -0.349 e. The second-order valence-corrected chi connectivity index (χ2v) is 23.1. The molecule has 81 heavy (non-hydrogen) atoms. The molecule has 0 unspecified atom stereocenters. The van der Waals surface area contributed by atoms with Crippen molar-refractivity contribution in [3.63, 3.8) is 0 Å². The molecule has 13 rings (SSSR count). The zero-order valence-electron chi connectivity index (χ0n) is 49.2. The summed E-state index contributed by atoms with van der Waals surface area (Å²) < 4.78 is 126. The minimum atomic E-state index is -0.748. The first kappa shape index (κ1) is 60.9. The molecule has 3 spiro atoms. The molecular weight excluding hydrogens is 1050 g/mol. The van der Waals surface area contributed by atoms with Crippen LogP contribution in [0.5, 0.6) is 0 Å². The Morgan fingerprint density at radius 3 is 1.01 bits per heavy atom. The fraction of sp³-hybridized carbons (Fsp3) is 0.545. The highest BCUT2D eigenvalue weighted by Crippen LogP contribution is 2.50. The standard InChI is InChI=1S/C15H19FO2.C14H19FO2.C13H15FO2.C12H13FO2.C12H15FO2/c1-10-4-5-12(16)11-6-7-15(13(10)11)17-8-14(2,3)9-18-15;1-4-16-14(17-5-2)9-8-11-12(15)7-6-10(3)13(11)14;1-9-3-4-11(14)10-5-6-13(12(9)10)15-7-2-8-16-13;1-8-2-3-10(13)9-4-5-12(11(8)9)14-6-7-15-12;1-8-4-5-10(13)9-6-7-12(14-2,15-3)11(8)9/h4-5H,6-9H2,1-3H3;6-7H,4-5,8-9H2,1-3H3;3-4H,2,5-8H2,1H3;2-3H,4-7H2,1H3;4-5H,6-7H2,1-3H3. The molecular formula is C66H81F5O10. The lowest BCUT2D eigenvalue weighted by Gasteiger charge is -2.42. The molecule has 0 radical (unpaired) electrons. The van der Waals surface area contributed by atoms with E-state index in [1.807, 2.05) is 60.6 Å². The summed E-state index contributed by atoms with van der Waals surface area (Å²) >= 11 is 0. The van der Waals surface area contributed by atoms with E-state index < -0.39 is 28.9 Å². The molecule has 8 aliphatic rings. The molecule has 0 amide bonds. The Hall–Kier alpha value is -4.65. The largest absolute Gasteiger partial charge is 0.349 e. The second kappa shape index (κ2) is 24.5. The Morgan fingerprint density at radius 2 is 0.667 bits per heavy atom. The maximum atomic E-state index is 13.8. The van der Waals surface area contributed by atoms with Gasteiger partial charge in [-0.1, -0.05) is 44.2 Å². The summed E-state index contributed by atoms with van der Waals surface area (Å²) in [7, 11) is 3.20. The molecule has 15 heteroatoms. The van der Waals surface area contributed by atoms with Crippen LogP contribution in [0.3, 0.4) is 0 Å². The highest BCUT2D eigenvalue weighted by atomic mass is 19.1. The molecule has 3 heterocycles. The van der Waals surface area contributed by atoms with Gasteiger partial charge >= 0.3 is 0 Å². The van der Waals surface area contributed by atoms with Gasteiger partial charge in [0.2, 0.25) is 0 Å². The summed E-state index contributed by atoms with van der Waals surface area (Å²) in [4.78, 5) is 0. The molecule has 5 aromatic rings. The quantitative estimate of drug-likeness (QED) is 0.121. The SMILES string of the molecule is CCOC1(OCC)CCc2c(F)ccc(C)c21.COC1(OC)CCc2c(F)ccc(C)c21.Cc1ccc(F)c2c1C1(CC2)OCC(C)(C)CO1.Cc1ccc(F)c2c1C1(CC2)OCCCO1.Cc1ccc(F)c2c1C1(CC2)OCCO1. The molecule has 0 saturated carbocycles. The highest BCUT2D eigenvalue weighted by Gasteiger charge is 2.50. The second-order valence-electron chi connectivity index (χ2n) is 23.1. The van der Waals surface area contributed by atoms with Crippen LogP contribution in [0.25, 0.3) is 0 Å². The van der Waals surface area contributed by atoms with Gasteiger partial charge in [-0.2, -0.15) is 0 Å². The summed E-state index contributed by atoms with van der Waals surface area (Å²) in [5, 5.41) is 0. The Kier molecular flexibility index (Phi) is 18.4. The van der Waals surface area contributed by atoms with Crippen LogP contribution in [0.15, 0.2) is 60.7 Å². The third-order valence-electron chi connectivity index (χ3n) is 17.3. The van der Waals surface area contributed by atoms with E-state index >= 15 is 0 Å². The van der Waals surface area contributed by atoms with Gasteiger partial charge in [0, 0.05) is 92.8 Å². The fourth-order valence-electron chi connectivity index (χ4n) is 13.5. The number of ether oxygens (including phenoxy) is 10. The monoisotopic (exact) mass is 1130 g/mol. The first-order valence-corrected chi connectivity index (χ1v) is 28.8. The molecule has 0 aromatic heterocycles. The van der Waals surface area contributed by atoms with Crippen molar-refractivity contribution in [3.8, 4) is 0 Å². The summed E-state index contributed by atoms with van der Waals surface area (Å²) in [6, 6.07) is 16.6. The van der Waals surface area contributed by atoms with Gasteiger partial charge in [-0.05, 0) is 173 Å². The normalized spacial score (nSPS) is 20.8. The van der Waals surface area contributed by atoms with Crippen molar-refractivity contribution in [3.05, 3.63) is 173 Å². The van der Waals surface area contributed by atoms with Crippen LogP contribution in [0.1, 0.15) is 150 Å². The van der Waals surface area contributed by atoms with Crippen molar-refractivity contribution < 1.29 is 69.3 Å². The van der Waals surface area contributed by atoms with Gasteiger partial charge in [0.05, 0.1) is 39.6 Å². The average molecular weight is 1130 g/mol. The Labute approximate surface area is 475 Å². The van der Waals surface area contributed by atoms with Gasteiger partial charge in [0.15, 0.2) is 28.9 Å². The number of rotatable bonds is 6. The molecule has 10 nitrogen and oxygen atoms in total. The number of methoxy groups -OCH3 is 2. The lowest BCUT2D eigenvalue weighted by molar-refractivity contribution is -0.306. The molecule has 5 aromatic carbocycles. The van der Waals surface area contributed by atoms with E-state index in [1.54, 1.807) is 38.5 Å². The lowest BCUT2D eigenvalue weighted by Crippen LogP contribution is -2.44.